The number of rotatable bonds is 4. The van der Waals surface area contributed by atoms with Gasteiger partial charge in [-0.05, 0) is 30.7 Å². The molecule has 0 aliphatic rings. The monoisotopic (exact) mass is 210 g/mol. The summed E-state index contributed by atoms with van der Waals surface area (Å²) < 4.78 is 18.1. The van der Waals surface area contributed by atoms with Gasteiger partial charge in [-0.1, -0.05) is 0 Å². The first-order valence-electron chi connectivity index (χ1n) is 4.46. The van der Waals surface area contributed by atoms with Crippen molar-refractivity contribution in [2.24, 2.45) is 0 Å². The summed E-state index contributed by atoms with van der Waals surface area (Å²) in [5.74, 6) is -1.13. The van der Waals surface area contributed by atoms with Gasteiger partial charge in [-0.2, -0.15) is 0 Å². The van der Waals surface area contributed by atoms with Gasteiger partial charge < -0.3 is 9.84 Å². The molecule has 80 valence electrons. The van der Waals surface area contributed by atoms with Crippen molar-refractivity contribution in [3.05, 3.63) is 35.7 Å². The molecule has 0 aromatic heterocycles. The number of hydrogen-bond donors (Lipinski definition) is 1. The molecule has 0 bridgehead atoms. The molecule has 4 heteroatoms. The fourth-order valence-corrected chi connectivity index (χ4v) is 1.10. The Bertz CT molecular complexity index is 385. The van der Waals surface area contributed by atoms with Gasteiger partial charge >= 0.3 is 5.97 Å². The van der Waals surface area contributed by atoms with Gasteiger partial charge in [0.1, 0.15) is 11.6 Å². The van der Waals surface area contributed by atoms with E-state index in [-0.39, 0.29) is 0 Å². The summed E-state index contributed by atoms with van der Waals surface area (Å²) in [6.45, 7) is 2.23. The third kappa shape index (κ3) is 3.81. The van der Waals surface area contributed by atoms with Crippen molar-refractivity contribution in [1.82, 2.24) is 0 Å². The number of aliphatic carboxylic acids is 1. The highest BCUT2D eigenvalue weighted by Crippen LogP contribution is 2.17. The first-order chi connectivity index (χ1) is 7.11. The zero-order chi connectivity index (χ0) is 11.3. The van der Waals surface area contributed by atoms with E-state index >= 15 is 0 Å². The minimum atomic E-state index is -1.07. The molecular weight excluding hydrogens is 199 g/mol. The van der Waals surface area contributed by atoms with E-state index in [2.05, 4.69) is 0 Å². The van der Waals surface area contributed by atoms with Crippen LogP contribution < -0.4 is 4.74 Å². The van der Waals surface area contributed by atoms with Gasteiger partial charge in [0, 0.05) is 12.1 Å². The Hall–Kier alpha value is -1.84. The third-order valence-electron chi connectivity index (χ3n) is 1.62. The quantitative estimate of drug-likeness (QED) is 0.776. The predicted octanol–water partition coefficient (Wildman–Crippen LogP) is 2.32. The summed E-state index contributed by atoms with van der Waals surface area (Å²) >= 11 is 0. The maximum Gasteiger partial charge on any atom is 0.328 e. The van der Waals surface area contributed by atoms with Gasteiger partial charge in [0.15, 0.2) is 0 Å². The van der Waals surface area contributed by atoms with E-state index in [9.17, 15) is 9.18 Å². The van der Waals surface area contributed by atoms with E-state index in [1.807, 2.05) is 0 Å². The molecular formula is C11H11FO3. The van der Waals surface area contributed by atoms with Crippen molar-refractivity contribution in [2.45, 2.75) is 6.92 Å². The molecule has 1 aromatic carbocycles. The number of benzene rings is 1. The maximum absolute atomic E-state index is 13.0. The highest BCUT2D eigenvalue weighted by atomic mass is 19.1. The van der Waals surface area contributed by atoms with Gasteiger partial charge in [0.2, 0.25) is 0 Å². The predicted molar refractivity (Wildman–Crippen MR) is 54.2 cm³/mol. The highest BCUT2D eigenvalue weighted by molar-refractivity contribution is 5.85. The molecule has 1 aromatic rings. The SMILES string of the molecule is CCOc1cc(F)cc(/C=C/C(=O)O)c1. The van der Waals surface area contributed by atoms with Crippen LogP contribution in [0.5, 0.6) is 5.75 Å². The summed E-state index contributed by atoms with van der Waals surface area (Å²) in [4.78, 5) is 10.3. The molecule has 1 rings (SSSR count). The zero-order valence-corrected chi connectivity index (χ0v) is 8.24. The summed E-state index contributed by atoms with van der Waals surface area (Å²) in [5.41, 5.74) is 0.459. The average Bonchev–Trinajstić information content (AvgIpc) is 2.14. The molecule has 0 heterocycles. The molecule has 0 radical (unpaired) electrons. The van der Waals surface area contributed by atoms with Crippen LogP contribution in [0.4, 0.5) is 4.39 Å². The third-order valence-corrected chi connectivity index (χ3v) is 1.62. The lowest BCUT2D eigenvalue weighted by Gasteiger charge is -2.03. The van der Waals surface area contributed by atoms with E-state index in [0.29, 0.717) is 17.9 Å². The lowest BCUT2D eigenvalue weighted by Crippen LogP contribution is -1.93. The second kappa shape index (κ2) is 5.14. The Morgan fingerprint density at radius 2 is 2.27 bits per heavy atom. The van der Waals surface area contributed by atoms with Crippen LogP contribution >= 0.6 is 0 Å². The minimum absolute atomic E-state index is 0.391. The van der Waals surface area contributed by atoms with Crippen LogP contribution in [0.1, 0.15) is 12.5 Å². The fourth-order valence-electron chi connectivity index (χ4n) is 1.10. The Morgan fingerprint density at radius 1 is 1.53 bits per heavy atom. The smallest absolute Gasteiger partial charge is 0.328 e. The van der Waals surface area contributed by atoms with Crippen molar-refractivity contribution in [3.63, 3.8) is 0 Å². The molecule has 0 saturated carbocycles. The molecule has 0 fully saturated rings. The van der Waals surface area contributed by atoms with E-state index in [4.69, 9.17) is 9.84 Å². The molecule has 0 saturated heterocycles. The Balaban J connectivity index is 2.93. The number of halogens is 1. The molecule has 0 unspecified atom stereocenters. The van der Waals surface area contributed by atoms with Crippen LogP contribution in [-0.2, 0) is 4.79 Å². The number of hydrogen-bond acceptors (Lipinski definition) is 2. The van der Waals surface area contributed by atoms with Gasteiger partial charge in [-0.3, -0.25) is 0 Å². The van der Waals surface area contributed by atoms with Crippen molar-refractivity contribution >= 4 is 12.0 Å². The maximum atomic E-state index is 13.0. The molecule has 0 spiro atoms. The first-order valence-corrected chi connectivity index (χ1v) is 4.46. The van der Waals surface area contributed by atoms with Crippen LogP contribution in [0.25, 0.3) is 6.08 Å². The van der Waals surface area contributed by atoms with Crippen LogP contribution in [0.15, 0.2) is 24.3 Å². The molecule has 0 amide bonds. The van der Waals surface area contributed by atoms with E-state index in [1.165, 1.54) is 18.2 Å². The van der Waals surface area contributed by atoms with Crippen LogP contribution in [-0.4, -0.2) is 17.7 Å². The van der Waals surface area contributed by atoms with Crippen LogP contribution in [0, 0.1) is 5.82 Å². The van der Waals surface area contributed by atoms with E-state index in [0.717, 1.165) is 6.08 Å². The van der Waals surface area contributed by atoms with Gasteiger partial charge in [-0.15, -0.1) is 0 Å². The van der Waals surface area contributed by atoms with Crippen LogP contribution in [0.3, 0.4) is 0 Å². The number of ether oxygens (including phenoxy) is 1. The molecule has 3 nitrogen and oxygen atoms in total. The van der Waals surface area contributed by atoms with Gasteiger partial charge in [-0.25, -0.2) is 9.18 Å². The Kier molecular flexibility index (Phi) is 3.85. The summed E-state index contributed by atoms with van der Waals surface area (Å²) in [5, 5.41) is 8.40. The van der Waals surface area contributed by atoms with Crippen molar-refractivity contribution in [3.8, 4) is 5.75 Å². The van der Waals surface area contributed by atoms with Crippen LogP contribution in [0.2, 0.25) is 0 Å². The molecule has 1 N–H and O–H groups in total. The second-order valence-electron chi connectivity index (χ2n) is 2.82. The summed E-state index contributed by atoms with van der Waals surface area (Å²) in [6.07, 6.45) is 2.26. The lowest BCUT2D eigenvalue weighted by atomic mass is 10.2. The van der Waals surface area contributed by atoms with Gasteiger partial charge in [0.05, 0.1) is 6.61 Å². The fraction of sp³-hybridized carbons (Fsp3) is 0.182. The highest BCUT2D eigenvalue weighted by Gasteiger charge is 1.99. The minimum Gasteiger partial charge on any atom is -0.494 e. The van der Waals surface area contributed by atoms with E-state index in [1.54, 1.807) is 13.0 Å². The topological polar surface area (TPSA) is 46.5 Å². The number of carboxylic acid groups (broad SMARTS) is 1. The van der Waals surface area contributed by atoms with Crippen molar-refractivity contribution in [1.29, 1.82) is 0 Å². The van der Waals surface area contributed by atoms with Gasteiger partial charge in [0.25, 0.3) is 0 Å². The average molecular weight is 210 g/mol. The Labute approximate surface area is 86.8 Å². The lowest BCUT2D eigenvalue weighted by molar-refractivity contribution is -0.131. The number of carbonyl (C=O) groups is 1. The standard InChI is InChI=1S/C11H11FO3/c1-2-15-10-6-8(3-4-11(13)14)5-9(12)7-10/h3-7H,2H2,1H3,(H,13,14)/b4-3+. The molecule has 0 aliphatic heterocycles. The zero-order valence-electron chi connectivity index (χ0n) is 8.24. The van der Waals surface area contributed by atoms with Crippen molar-refractivity contribution < 1.29 is 19.0 Å². The van der Waals surface area contributed by atoms with Crippen molar-refractivity contribution in [2.75, 3.05) is 6.61 Å². The second-order valence-corrected chi connectivity index (χ2v) is 2.82. The Morgan fingerprint density at radius 3 is 2.87 bits per heavy atom. The summed E-state index contributed by atoms with van der Waals surface area (Å²) in [7, 11) is 0. The first kappa shape index (κ1) is 11.2. The summed E-state index contributed by atoms with van der Waals surface area (Å²) in [6, 6.07) is 4.07. The molecule has 0 atom stereocenters. The largest absolute Gasteiger partial charge is 0.494 e. The molecule has 0 aliphatic carbocycles. The van der Waals surface area contributed by atoms with E-state index < -0.39 is 11.8 Å². The number of carboxylic acids is 1. The molecule has 15 heavy (non-hydrogen) atoms. The normalized spacial score (nSPS) is 10.5.